The van der Waals surface area contributed by atoms with E-state index in [1.54, 1.807) is 22.7 Å². The highest BCUT2D eigenvalue weighted by atomic mass is 19.1. The molecule has 2 aliphatic heterocycles. The molecule has 0 aliphatic carbocycles. The summed E-state index contributed by atoms with van der Waals surface area (Å²) < 4.78 is 29.3. The molecule has 0 spiro atoms. The summed E-state index contributed by atoms with van der Waals surface area (Å²) in [6.07, 6.45) is 1.45. The van der Waals surface area contributed by atoms with Gasteiger partial charge in [-0.05, 0) is 76.2 Å². The van der Waals surface area contributed by atoms with Gasteiger partial charge in [0, 0.05) is 23.9 Å². The molecule has 40 heavy (non-hydrogen) atoms. The summed E-state index contributed by atoms with van der Waals surface area (Å²) in [5.41, 5.74) is 4.55. The summed E-state index contributed by atoms with van der Waals surface area (Å²) in [6.45, 7) is 12.6. The van der Waals surface area contributed by atoms with Crippen LogP contribution in [0.1, 0.15) is 74.9 Å². The highest BCUT2D eigenvalue weighted by Gasteiger charge is 2.51. The van der Waals surface area contributed by atoms with Crippen molar-refractivity contribution in [3.8, 4) is 11.3 Å². The fourth-order valence-corrected chi connectivity index (χ4v) is 5.59. The van der Waals surface area contributed by atoms with Crippen LogP contribution in [0.2, 0.25) is 0 Å². The Kier molecular flexibility index (Phi) is 6.35. The molecular formula is C31H34BFN4O3. The number of benzene rings is 2. The monoisotopic (exact) mass is 540 g/mol. The second-order valence-electron chi connectivity index (χ2n) is 11.7. The summed E-state index contributed by atoms with van der Waals surface area (Å²) in [6, 6.07) is 16.7. The lowest BCUT2D eigenvalue weighted by Crippen LogP contribution is -2.41. The molecule has 206 valence electrons. The van der Waals surface area contributed by atoms with Gasteiger partial charge >= 0.3 is 7.12 Å². The molecule has 4 aromatic rings. The van der Waals surface area contributed by atoms with Crippen molar-refractivity contribution in [1.82, 2.24) is 19.5 Å². The number of aryl methyl sites for hydroxylation is 1. The minimum atomic E-state index is -0.652. The van der Waals surface area contributed by atoms with Crippen LogP contribution in [-0.2, 0) is 22.2 Å². The maximum atomic E-state index is 15.5. The Morgan fingerprint density at radius 1 is 1.07 bits per heavy atom. The molecule has 2 aliphatic rings. The lowest BCUT2D eigenvalue weighted by atomic mass is 9.78. The number of aromatic nitrogens is 3. The average molecular weight is 540 g/mol. The van der Waals surface area contributed by atoms with E-state index in [1.807, 2.05) is 57.7 Å². The van der Waals surface area contributed by atoms with E-state index in [2.05, 4.69) is 29.1 Å². The Balaban J connectivity index is 1.31. The molecular weight excluding hydrogens is 506 g/mol. The van der Waals surface area contributed by atoms with Crippen LogP contribution in [0.3, 0.4) is 0 Å². The van der Waals surface area contributed by atoms with Crippen LogP contribution in [0.25, 0.3) is 16.9 Å². The minimum Gasteiger partial charge on any atom is -0.399 e. The fraction of sp³-hybridized carbons (Fsp3) is 0.387. The lowest BCUT2D eigenvalue weighted by Gasteiger charge is -2.35. The summed E-state index contributed by atoms with van der Waals surface area (Å²) in [5.74, 6) is -0.536. The first-order valence-electron chi connectivity index (χ1n) is 13.9. The predicted molar refractivity (Wildman–Crippen MR) is 153 cm³/mol. The average Bonchev–Trinajstić information content (AvgIpc) is 3.44. The highest BCUT2D eigenvalue weighted by Crippen LogP contribution is 2.37. The standard InChI is InChI=1S/C31H34BFN4O3/c1-7-22-17-27(29(38)36-15-14-20-10-8-9-11-23(20)19(36)2)34-28-18-26(35-37(22)28)24-13-12-21(16-25(24)33)32-39-30(3,4)31(5,6)40-32/h8-13,16-19H,7,14-15H2,1-6H3. The maximum absolute atomic E-state index is 15.5. The van der Waals surface area contributed by atoms with E-state index in [0.717, 1.165) is 12.1 Å². The van der Waals surface area contributed by atoms with Crippen LogP contribution >= 0.6 is 0 Å². The number of amides is 1. The van der Waals surface area contributed by atoms with Gasteiger partial charge in [0.2, 0.25) is 0 Å². The van der Waals surface area contributed by atoms with Crippen molar-refractivity contribution < 1.29 is 18.5 Å². The molecule has 1 atom stereocenters. The minimum absolute atomic E-state index is 0.0439. The first kappa shape index (κ1) is 26.7. The Morgan fingerprint density at radius 2 is 1.80 bits per heavy atom. The molecule has 6 rings (SSSR count). The van der Waals surface area contributed by atoms with Crippen molar-refractivity contribution in [1.29, 1.82) is 0 Å². The smallest absolute Gasteiger partial charge is 0.399 e. The second-order valence-corrected chi connectivity index (χ2v) is 11.7. The maximum Gasteiger partial charge on any atom is 0.494 e. The van der Waals surface area contributed by atoms with E-state index < -0.39 is 24.1 Å². The normalized spacial score (nSPS) is 19.7. The van der Waals surface area contributed by atoms with Crippen LogP contribution in [-0.4, -0.2) is 50.3 Å². The van der Waals surface area contributed by atoms with Crippen molar-refractivity contribution in [3.05, 3.63) is 82.9 Å². The summed E-state index contributed by atoms with van der Waals surface area (Å²) >= 11 is 0. The van der Waals surface area contributed by atoms with E-state index in [1.165, 1.54) is 17.2 Å². The molecule has 4 heterocycles. The summed E-state index contributed by atoms with van der Waals surface area (Å²) in [4.78, 5) is 20.2. The molecule has 0 bridgehead atoms. The first-order valence-corrected chi connectivity index (χ1v) is 13.9. The van der Waals surface area contributed by atoms with Crippen molar-refractivity contribution in [2.75, 3.05) is 6.54 Å². The highest BCUT2D eigenvalue weighted by molar-refractivity contribution is 6.62. The SMILES string of the molecule is CCc1cc(C(=O)N2CCc3ccccc3C2C)nc2cc(-c3ccc(B4OC(C)(C)C(C)(C)O4)cc3F)nn12. The van der Waals surface area contributed by atoms with Gasteiger partial charge in [-0.1, -0.05) is 43.3 Å². The van der Waals surface area contributed by atoms with Gasteiger partial charge in [0.15, 0.2) is 5.65 Å². The van der Waals surface area contributed by atoms with Crippen LogP contribution in [0.4, 0.5) is 4.39 Å². The molecule has 9 heteroatoms. The topological polar surface area (TPSA) is 69.0 Å². The third-order valence-corrected chi connectivity index (χ3v) is 8.73. The molecule has 0 radical (unpaired) electrons. The van der Waals surface area contributed by atoms with Crippen molar-refractivity contribution >= 4 is 24.1 Å². The number of hydrogen-bond donors (Lipinski definition) is 0. The van der Waals surface area contributed by atoms with Gasteiger partial charge in [-0.25, -0.2) is 13.9 Å². The summed E-state index contributed by atoms with van der Waals surface area (Å²) in [7, 11) is -0.652. The molecule has 0 N–H and O–H groups in total. The number of hydrogen-bond acceptors (Lipinski definition) is 5. The Hall–Kier alpha value is -3.56. The van der Waals surface area contributed by atoms with Crippen LogP contribution in [0, 0.1) is 5.82 Å². The largest absolute Gasteiger partial charge is 0.494 e. The number of carbonyl (C=O) groups is 1. The third kappa shape index (κ3) is 4.32. The van der Waals surface area contributed by atoms with Crippen LogP contribution < -0.4 is 5.46 Å². The molecule has 1 unspecified atom stereocenters. The van der Waals surface area contributed by atoms with E-state index in [9.17, 15) is 4.79 Å². The lowest BCUT2D eigenvalue weighted by molar-refractivity contribution is 0.00578. The third-order valence-electron chi connectivity index (χ3n) is 8.73. The zero-order chi connectivity index (χ0) is 28.4. The van der Waals surface area contributed by atoms with Crippen LogP contribution in [0.15, 0.2) is 54.6 Å². The number of rotatable bonds is 4. The van der Waals surface area contributed by atoms with Gasteiger partial charge in [-0.3, -0.25) is 4.79 Å². The quantitative estimate of drug-likeness (QED) is 0.335. The van der Waals surface area contributed by atoms with Crippen molar-refractivity contribution in [2.24, 2.45) is 0 Å². The molecule has 0 saturated carbocycles. The van der Waals surface area contributed by atoms with Crippen molar-refractivity contribution in [3.63, 3.8) is 0 Å². The van der Waals surface area contributed by atoms with E-state index >= 15 is 4.39 Å². The van der Waals surface area contributed by atoms with Crippen LogP contribution in [0.5, 0.6) is 0 Å². The second kappa shape index (κ2) is 9.53. The number of halogens is 1. The predicted octanol–water partition coefficient (Wildman–Crippen LogP) is 5.16. The zero-order valence-electron chi connectivity index (χ0n) is 23.9. The Labute approximate surface area is 234 Å². The molecule has 2 aromatic heterocycles. The number of nitrogens with zero attached hydrogens (tertiary/aromatic N) is 4. The molecule has 2 aromatic carbocycles. The van der Waals surface area contributed by atoms with Gasteiger partial charge < -0.3 is 14.2 Å². The zero-order valence-corrected chi connectivity index (χ0v) is 23.9. The van der Waals surface area contributed by atoms with Gasteiger partial charge in [0.1, 0.15) is 11.5 Å². The Bertz CT molecular complexity index is 1620. The molecule has 7 nitrogen and oxygen atoms in total. The van der Waals surface area contributed by atoms with Crippen molar-refractivity contribution in [2.45, 2.75) is 71.6 Å². The van der Waals surface area contributed by atoms with Gasteiger partial charge in [-0.2, -0.15) is 5.10 Å². The molecule has 1 amide bonds. The summed E-state index contributed by atoms with van der Waals surface area (Å²) in [5, 5.41) is 4.67. The number of carbonyl (C=O) groups excluding carboxylic acids is 1. The fourth-order valence-electron chi connectivity index (χ4n) is 5.59. The van der Waals surface area contributed by atoms with Gasteiger partial charge in [-0.15, -0.1) is 0 Å². The number of fused-ring (bicyclic) bond motifs is 2. The van der Waals surface area contributed by atoms with Gasteiger partial charge in [0.25, 0.3) is 5.91 Å². The van der Waals surface area contributed by atoms with E-state index in [4.69, 9.17) is 9.31 Å². The first-order chi connectivity index (χ1) is 19.0. The van der Waals surface area contributed by atoms with E-state index in [0.29, 0.717) is 41.0 Å². The molecule has 1 fully saturated rings. The Morgan fingerprint density at radius 3 is 2.50 bits per heavy atom. The van der Waals surface area contributed by atoms with E-state index in [-0.39, 0.29) is 11.9 Å². The molecule has 1 saturated heterocycles. The van der Waals surface area contributed by atoms with Gasteiger partial charge in [0.05, 0.1) is 22.9 Å².